The van der Waals surface area contributed by atoms with Crippen LogP contribution in [0.2, 0.25) is 0 Å². The van der Waals surface area contributed by atoms with Crippen molar-refractivity contribution in [1.29, 1.82) is 0 Å². The molecule has 1 saturated heterocycles. The van der Waals surface area contributed by atoms with Crippen molar-refractivity contribution < 1.29 is 32.4 Å². The number of ether oxygens (including phenoxy) is 2. The lowest BCUT2D eigenvalue weighted by Gasteiger charge is -2.35. The van der Waals surface area contributed by atoms with Crippen LogP contribution < -0.4 is 14.4 Å². The van der Waals surface area contributed by atoms with E-state index in [9.17, 15) is 23.7 Å². The van der Waals surface area contributed by atoms with E-state index in [-0.39, 0.29) is 35.0 Å². The van der Waals surface area contributed by atoms with Crippen LogP contribution in [0.1, 0.15) is 34.3 Å². The molecule has 214 valence electrons. The number of likely N-dealkylation sites (N-methyl/N-ethyl adjacent to an activating group) is 1. The van der Waals surface area contributed by atoms with Gasteiger partial charge in [-0.25, -0.2) is 8.78 Å². The van der Waals surface area contributed by atoms with Gasteiger partial charge in [-0.05, 0) is 30.8 Å². The minimum Gasteiger partial charge on any atom is -0.494 e. The number of fused-ring (bicyclic) bond motifs is 1. The Morgan fingerprint density at radius 1 is 1.05 bits per heavy atom. The van der Waals surface area contributed by atoms with Gasteiger partial charge in [-0.2, -0.15) is 0 Å². The van der Waals surface area contributed by atoms with Crippen LogP contribution in [0.4, 0.5) is 20.2 Å². The highest BCUT2D eigenvalue weighted by Crippen LogP contribution is 2.34. The fraction of sp³-hybridized carbons (Fsp3) is 0.310. The standard InChI is InChI=1S/C29H28F2N4O6/c1-4-33-7-9-34(10-8-33)20-6-5-17(21(14-20)35(37)38)11-19-12-18-13-24(41-25(18)16-32-19)29(36)26-27(30)22(39-2)15-23(40-3)28(26)31/h5-6,12-16H,4,7-11H2,1-3H3. The number of nitrogens with zero attached hydrogens (tertiary/aromatic N) is 4. The summed E-state index contributed by atoms with van der Waals surface area (Å²) in [6.45, 7) is 6.47. The van der Waals surface area contributed by atoms with Gasteiger partial charge in [0.2, 0.25) is 5.78 Å². The van der Waals surface area contributed by atoms with Crippen LogP contribution in [0.3, 0.4) is 0 Å². The Labute approximate surface area is 234 Å². The Morgan fingerprint density at radius 3 is 2.34 bits per heavy atom. The van der Waals surface area contributed by atoms with Crippen molar-refractivity contribution in [2.24, 2.45) is 0 Å². The molecule has 2 aromatic carbocycles. The van der Waals surface area contributed by atoms with Crippen molar-refractivity contribution in [2.75, 3.05) is 51.8 Å². The third-order valence-corrected chi connectivity index (χ3v) is 7.31. The Bertz CT molecular complexity index is 1600. The van der Waals surface area contributed by atoms with E-state index in [4.69, 9.17) is 13.9 Å². The summed E-state index contributed by atoms with van der Waals surface area (Å²) in [5.74, 6) is -4.44. The quantitative estimate of drug-likeness (QED) is 0.157. The van der Waals surface area contributed by atoms with E-state index >= 15 is 0 Å². The van der Waals surface area contributed by atoms with Crippen LogP contribution in [0, 0.1) is 21.7 Å². The van der Waals surface area contributed by atoms with E-state index < -0.39 is 27.9 Å². The van der Waals surface area contributed by atoms with Crippen LogP contribution in [0.25, 0.3) is 11.0 Å². The number of pyridine rings is 1. The molecule has 0 atom stereocenters. The molecule has 0 bridgehead atoms. The molecule has 1 aliphatic heterocycles. The highest BCUT2D eigenvalue weighted by molar-refractivity contribution is 6.09. The molecule has 0 radical (unpaired) electrons. The summed E-state index contributed by atoms with van der Waals surface area (Å²) >= 11 is 0. The number of hydrogen-bond donors (Lipinski definition) is 0. The summed E-state index contributed by atoms with van der Waals surface area (Å²) in [7, 11) is 2.37. The summed E-state index contributed by atoms with van der Waals surface area (Å²) in [4.78, 5) is 33.4. The van der Waals surface area contributed by atoms with E-state index in [0.717, 1.165) is 44.5 Å². The zero-order chi connectivity index (χ0) is 29.3. The number of nitro benzene ring substituents is 1. The number of halogens is 2. The maximum absolute atomic E-state index is 14.9. The van der Waals surface area contributed by atoms with Crippen LogP contribution in [0.15, 0.2) is 47.0 Å². The molecule has 4 aromatic rings. The van der Waals surface area contributed by atoms with Gasteiger partial charge in [0, 0.05) is 67.1 Å². The van der Waals surface area contributed by atoms with Crippen molar-refractivity contribution in [3.63, 3.8) is 0 Å². The zero-order valence-electron chi connectivity index (χ0n) is 22.8. The van der Waals surface area contributed by atoms with E-state index in [1.165, 1.54) is 26.5 Å². The third kappa shape index (κ3) is 5.42. The normalized spacial score (nSPS) is 13.9. The largest absolute Gasteiger partial charge is 0.494 e. The SMILES string of the molecule is CCN1CCN(c2ccc(Cc3cc4cc(C(=O)c5c(F)c(OC)cc(OC)c5F)oc4cn3)c([N+](=O)[O-])c2)CC1. The third-order valence-electron chi connectivity index (χ3n) is 7.31. The second-order valence-corrected chi connectivity index (χ2v) is 9.61. The molecule has 2 aromatic heterocycles. The first-order valence-electron chi connectivity index (χ1n) is 13.0. The highest BCUT2D eigenvalue weighted by Gasteiger charge is 2.29. The molecule has 0 amide bonds. The van der Waals surface area contributed by atoms with Gasteiger partial charge in [-0.3, -0.25) is 19.9 Å². The van der Waals surface area contributed by atoms with Gasteiger partial charge in [0.25, 0.3) is 5.69 Å². The number of nitro groups is 1. The number of piperazine rings is 1. The van der Waals surface area contributed by atoms with Gasteiger partial charge < -0.3 is 23.7 Å². The smallest absolute Gasteiger partial charge is 0.275 e. The van der Waals surface area contributed by atoms with Crippen LogP contribution in [0.5, 0.6) is 11.5 Å². The van der Waals surface area contributed by atoms with E-state index in [1.807, 2.05) is 6.07 Å². The van der Waals surface area contributed by atoms with E-state index in [0.29, 0.717) is 16.6 Å². The first-order valence-corrected chi connectivity index (χ1v) is 13.0. The molecule has 10 nitrogen and oxygen atoms in total. The molecule has 12 heteroatoms. The van der Waals surface area contributed by atoms with Gasteiger partial charge in [0.15, 0.2) is 34.5 Å². The summed E-state index contributed by atoms with van der Waals surface area (Å²) in [5, 5.41) is 12.4. The molecule has 41 heavy (non-hydrogen) atoms. The average molecular weight is 567 g/mol. The Hall–Kier alpha value is -4.58. The zero-order valence-corrected chi connectivity index (χ0v) is 22.8. The first kappa shape index (κ1) is 28.0. The first-order chi connectivity index (χ1) is 19.7. The molecule has 0 aliphatic carbocycles. The van der Waals surface area contributed by atoms with Crippen LogP contribution >= 0.6 is 0 Å². The predicted molar refractivity (Wildman–Crippen MR) is 147 cm³/mol. The van der Waals surface area contributed by atoms with Gasteiger partial charge in [0.05, 0.1) is 25.3 Å². The van der Waals surface area contributed by atoms with Crippen molar-refractivity contribution in [3.8, 4) is 11.5 Å². The molecule has 0 spiro atoms. The van der Waals surface area contributed by atoms with E-state index in [1.54, 1.807) is 18.2 Å². The van der Waals surface area contributed by atoms with Crippen molar-refractivity contribution >= 4 is 28.1 Å². The topological polar surface area (TPSA) is 111 Å². The second-order valence-electron chi connectivity index (χ2n) is 9.61. The molecule has 3 heterocycles. The van der Waals surface area contributed by atoms with Crippen molar-refractivity contribution in [2.45, 2.75) is 13.3 Å². The van der Waals surface area contributed by atoms with Gasteiger partial charge in [-0.15, -0.1) is 0 Å². The predicted octanol–water partition coefficient (Wildman–Crippen LogP) is 5.00. The molecule has 1 aliphatic rings. The highest BCUT2D eigenvalue weighted by atomic mass is 19.1. The van der Waals surface area contributed by atoms with Crippen LogP contribution in [-0.4, -0.2) is 67.5 Å². The van der Waals surface area contributed by atoms with Gasteiger partial charge in [-0.1, -0.05) is 6.92 Å². The average Bonchev–Trinajstić information content (AvgIpc) is 3.41. The lowest BCUT2D eigenvalue weighted by atomic mass is 10.0. The summed E-state index contributed by atoms with van der Waals surface area (Å²) in [6, 6.07) is 9.18. The number of ketones is 1. The second kappa shape index (κ2) is 11.5. The number of furan rings is 1. The number of benzene rings is 2. The minimum atomic E-state index is -1.18. The number of rotatable bonds is 9. The molecule has 0 N–H and O–H groups in total. The van der Waals surface area contributed by atoms with Crippen LogP contribution in [-0.2, 0) is 6.42 Å². The molecular formula is C29H28F2N4O6. The summed E-state index contributed by atoms with van der Waals surface area (Å²) in [6.07, 6.45) is 1.52. The number of hydrogen-bond acceptors (Lipinski definition) is 9. The maximum atomic E-state index is 14.9. The fourth-order valence-electron chi connectivity index (χ4n) is 4.99. The Kier molecular flexibility index (Phi) is 7.84. The Balaban J connectivity index is 1.42. The lowest BCUT2D eigenvalue weighted by Crippen LogP contribution is -2.46. The number of carbonyl (C=O) groups is 1. The Morgan fingerprint density at radius 2 is 1.73 bits per heavy atom. The van der Waals surface area contributed by atoms with Gasteiger partial charge in [0.1, 0.15) is 5.56 Å². The van der Waals surface area contributed by atoms with E-state index in [2.05, 4.69) is 21.7 Å². The maximum Gasteiger partial charge on any atom is 0.275 e. The molecule has 1 fully saturated rings. The fourth-order valence-corrected chi connectivity index (χ4v) is 4.99. The van der Waals surface area contributed by atoms with Crippen molar-refractivity contribution in [1.82, 2.24) is 9.88 Å². The number of methoxy groups -OCH3 is 2. The molecule has 0 unspecified atom stereocenters. The lowest BCUT2D eigenvalue weighted by molar-refractivity contribution is -0.385. The van der Waals surface area contributed by atoms with Gasteiger partial charge >= 0.3 is 0 Å². The minimum absolute atomic E-state index is 0.0108. The number of carbonyl (C=O) groups excluding carboxylic acids is 1. The number of anilines is 1. The van der Waals surface area contributed by atoms with Crippen molar-refractivity contribution in [3.05, 3.63) is 86.9 Å². The molecular weight excluding hydrogens is 538 g/mol. The number of aromatic nitrogens is 1. The summed E-state index contributed by atoms with van der Waals surface area (Å²) < 4.78 is 45.1. The monoisotopic (exact) mass is 566 g/mol. The molecule has 0 saturated carbocycles. The molecule has 5 rings (SSSR count). The summed E-state index contributed by atoms with van der Waals surface area (Å²) in [5.41, 5.74) is 1.09.